The SMILES string of the molecule is CC(=O)OC1=C(c2ccc(Cl)cc2)CCCC1. The highest BCUT2D eigenvalue weighted by molar-refractivity contribution is 6.30. The van der Waals surface area contributed by atoms with Crippen LogP contribution in [0, 0.1) is 0 Å². The molecule has 0 radical (unpaired) electrons. The molecule has 1 aromatic rings. The zero-order valence-corrected chi connectivity index (χ0v) is 10.6. The van der Waals surface area contributed by atoms with Gasteiger partial charge in [-0.1, -0.05) is 23.7 Å². The summed E-state index contributed by atoms with van der Waals surface area (Å²) in [6, 6.07) is 7.69. The van der Waals surface area contributed by atoms with Gasteiger partial charge in [-0.15, -0.1) is 0 Å². The Morgan fingerprint density at radius 2 is 1.82 bits per heavy atom. The van der Waals surface area contributed by atoms with Crippen molar-refractivity contribution in [1.29, 1.82) is 0 Å². The van der Waals surface area contributed by atoms with Gasteiger partial charge in [-0.25, -0.2) is 0 Å². The van der Waals surface area contributed by atoms with Crippen LogP contribution >= 0.6 is 11.6 Å². The van der Waals surface area contributed by atoms with Crippen molar-refractivity contribution in [2.24, 2.45) is 0 Å². The Morgan fingerprint density at radius 3 is 2.47 bits per heavy atom. The average molecular weight is 251 g/mol. The van der Waals surface area contributed by atoms with Gasteiger partial charge in [0.2, 0.25) is 0 Å². The van der Waals surface area contributed by atoms with Crippen molar-refractivity contribution < 1.29 is 9.53 Å². The lowest BCUT2D eigenvalue weighted by molar-refractivity contribution is -0.137. The number of hydrogen-bond donors (Lipinski definition) is 0. The molecule has 1 aromatic carbocycles. The van der Waals surface area contributed by atoms with Gasteiger partial charge < -0.3 is 4.74 Å². The predicted octanol–water partition coefficient (Wildman–Crippen LogP) is 4.19. The Kier molecular flexibility index (Phi) is 3.85. The summed E-state index contributed by atoms with van der Waals surface area (Å²) in [5, 5.41) is 0.721. The van der Waals surface area contributed by atoms with Crippen LogP contribution in [0.4, 0.5) is 0 Å². The van der Waals surface area contributed by atoms with E-state index in [-0.39, 0.29) is 5.97 Å². The van der Waals surface area contributed by atoms with E-state index in [2.05, 4.69) is 0 Å². The second-order valence-electron chi connectivity index (χ2n) is 4.21. The Labute approximate surface area is 106 Å². The molecule has 2 nitrogen and oxygen atoms in total. The van der Waals surface area contributed by atoms with E-state index in [1.54, 1.807) is 0 Å². The summed E-state index contributed by atoms with van der Waals surface area (Å²) in [6.07, 6.45) is 4.03. The van der Waals surface area contributed by atoms with Crippen LogP contribution < -0.4 is 0 Å². The monoisotopic (exact) mass is 250 g/mol. The first-order valence-corrected chi connectivity index (χ1v) is 6.21. The number of benzene rings is 1. The fourth-order valence-electron chi connectivity index (χ4n) is 2.12. The van der Waals surface area contributed by atoms with Gasteiger partial charge >= 0.3 is 5.97 Å². The number of carbonyl (C=O) groups is 1. The molecule has 0 aliphatic heterocycles. The van der Waals surface area contributed by atoms with Crippen molar-refractivity contribution >= 4 is 23.1 Å². The second-order valence-corrected chi connectivity index (χ2v) is 4.65. The molecule has 2 rings (SSSR count). The van der Waals surface area contributed by atoms with Crippen LogP contribution in [0.2, 0.25) is 5.02 Å². The number of carbonyl (C=O) groups excluding carboxylic acids is 1. The highest BCUT2D eigenvalue weighted by Gasteiger charge is 2.17. The largest absolute Gasteiger partial charge is 0.431 e. The minimum Gasteiger partial charge on any atom is -0.431 e. The van der Waals surface area contributed by atoms with E-state index in [0.717, 1.165) is 47.6 Å². The topological polar surface area (TPSA) is 26.3 Å². The van der Waals surface area contributed by atoms with Gasteiger partial charge in [0, 0.05) is 18.4 Å². The lowest BCUT2D eigenvalue weighted by Gasteiger charge is -2.19. The van der Waals surface area contributed by atoms with Gasteiger partial charge in [0.1, 0.15) is 5.76 Å². The summed E-state index contributed by atoms with van der Waals surface area (Å²) in [5.41, 5.74) is 2.24. The van der Waals surface area contributed by atoms with Gasteiger partial charge in [-0.3, -0.25) is 4.79 Å². The maximum Gasteiger partial charge on any atom is 0.307 e. The van der Waals surface area contributed by atoms with E-state index in [0.29, 0.717) is 0 Å². The molecule has 3 heteroatoms. The van der Waals surface area contributed by atoms with Crippen molar-refractivity contribution in [1.82, 2.24) is 0 Å². The molecule has 0 amide bonds. The summed E-state index contributed by atoms with van der Waals surface area (Å²) < 4.78 is 5.30. The molecule has 1 aliphatic rings. The fraction of sp³-hybridized carbons (Fsp3) is 0.357. The fourth-order valence-corrected chi connectivity index (χ4v) is 2.25. The quantitative estimate of drug-likeness (QED) is 0.736. The highest BCUT2D eigenvalue weighted by Crippen LogP contribution is 2.33. The van der Waals surface area contributed by atoms with Crippen LogP contribution in [-0.2, 0) is 9.53 Å². The van der Waals surface area contributed by atoms with Crippen molar-refractivity contribution in [3.05, 3.63) is 40.6 Å². The van der Waals surface area contributed by atoms with Crippen molar-refractivity contribution in [3.8, 4) is 0 Å². The van der Waals surface area contributed by atoms with E-state index >= 15 is 0 Å². The minimum absolute atomic E-state index is 0.242. The first-order valence-electron chi connectivity index (χ1n) is 5.83. The summed E-state index contributed by atoms with van der Waals surface area (Å²) in [5.74, 6) is 0.583. The molecule has 0 unspecified atom stereocenters. The third-order valence-electron chi connectivity index (χ3n) is 2.88. The molecule has 0 bridgehead atoms. The molecule has 0 saturated heterocycles. The Hall–Kier alpha value is -1.28. The van der Waals surface area contributed by atoms with Gasteiger partial charge in [0.15, 0.2) is 0 Å². The molecule has 0 atom stereocenters. The Balaban J connectivity index is 2.34. The van der Waals surface area contributed by atoms with Gasteiger partial charge in [-0.2, -0.15) is 0 Å². The van der Waals surface area contributed by atoms with E-state index in [9.17, 15) is 4.79 Å². The molecule has 0 heterocycles. The molecule has 0 saturated carbocycles. The molecule has 0 aromatic heterocycles. The standard InChI is InChI=1S/C14H15ClO2/c1-10(16)17-14-5-3-2-4-13(14)11-6-8-12(15)9-7-11/h6-9H,2-5H2,1H3. The second kappa shape index (κ2) is 5.37. The highest BCUT2D eigenvalue weighted by atomic mass is 35.5. The van der Waals surface area contributed by atoms with Crippen LogP contribution in [0.3, 0.4) is 0 Å². The summed E-state index contributed by atoms with van der Waals surface area (Å²) >= 11 is 5.87. The smallest absolute Gasteiger partial charge is 0.307 e. The normalized spacial score (nSPS) is 15.9. The lowest BCUT2D eigenvalue weighted by Crippen LogP contribution is -2.06. The first-order chi connectivity index (χ1) is 8.16. The number of hydrogen-bond acceptors (Lipinski definition) is 2. The molecular weight excluding hydrogens is 236 g/mol. The van der Waals surface area contributed by atoms with Crippen LogP contribution in [-0.4, -0.2) is 5.97 Å². The summed E-state index contributed by atoms with van der Waals surface area (Å²) in [6.45, 7) is 1.45. The predicted molar refractivity (Wildman–Crippen MR) is 68.6 cm³/mol. The molecule has 0 fully saturated rings. The van der Waals surface area contributed by atoms with Gasteiger partial charge in [0.25, 0.3) is 0 Å². The zero-order chi connectivity index (χ0) is 12.3. The van der Waals surface area contributed by atoms with Gasteiger partial charge in [-0.05, 0) is 42.5 Å². The molecular formula is C14H15ClO2. The molecule has 1 aliphatic carbocycles. The van der Waals surface area contributed by atoms with E-state index in [1.165, 1.54) is 6.92 Å². The third-order valence-corrected chi connectivity index (χ3v) is 3.13. The number of halogens is 1. The molecule has 0 N–H and O–H groups in total. The first kappa shape index (κ1) is 12.2. The van der Waals surface area contributed by atoms with E-state index in [1.807, 2.05) is 24.3 Å². The number of allylic oxidation sites excluding steroid dienone is 2. The molecule has 0 spiro atoms. The van der Waals surface area contributed by atoms with E-state index < -0.39 is 0 Å². The minimum atomic E-state index is -0.242. The zero-order valence-electron chi connectivity index (χ0n) is 9.83. The van der Waals surface area contributed by atoms with Crippen molar-refractivity contribution in [2.45, 2.75) is 32.6 Å². The van der Waals surface area contributed by atoms with Gasteiger partial charge in [0.05, 0.1) is 0 Å². The average Bonchev–Trinajstić information content (AvgIpc) is 2.30. The van der Waals surface area contributed by atoms with E-state index in [4.69, 9.17) is 16.3 Å². The lowest BCUT2D eigenvalue weighted by atomic mass is 9.92. The third kappa shape index (κ3) is 3.10. The van der Waals surface area contributed by atoms with Crippen LogP contribution in [0.5, 0.6) is 0 Å². The van der Waals surface area contributed by atoms with Crippen LogP contribution in [0.15, 0.2) is 30.0 Å². The maximum atomic E-state index is 11.1. The van der Waals surface area contributed by atoms with Crippen molar-refractivity contribution in [3.63, 3.8) is 0 Å². The Bertz CT molecular complexity index is 446. The number of ether oxygens (including phenoxy) is 1. The van der Waals surface area contributed by atoms with Crippen LogP contribution in [0.25, 0.3) is 5.57 Å². The van der Waals surface area contributed by atoms with Crippen LogP contribution in [0.1, 0.15) is 38.2 Å². The number of esters is 1. The van der Waals surface area contributed by atoms with Crippen molar-refractivity contribution in [2.75, 3.05) is 0 Å². The molecule has 90 valence electrons. The maximum absolute atomic E-state index is 11.1. The summed E-state index contributed by atoms with van der Waals surface area (Å²) in [4.78, 5) is 11.1. The molecule has 17 heavy (non-hydrogen) atoms. The number of rotatable bonds is 2. The Morgan fingerprint density at radius 1 is 1.18 bits per heavy atom. The summed E-state index contributed by atoms with van der Waals surface area (Å²) in [7, 11) is 0.